The van der Waals surface area contributed by atoms with E-state index < -0.39 is 5.91 Å². The lowest BCUT2D eigenvalue weighted by atomic mass is 10.1. The quantitative estimate of drug-likeness (QED) is 0.727. The second-order valence-corrected chi connectivity index (χ2v) is 5.25. The van der Waals surface area contributed by atoms with E-state index in [1.54, 1.807) is 0 Å². The Morgan fingerprint density at radius 2 is 1.52 bits per heavy atom. The smallest absolute Gasteiger partial charge is 0.243 e. The number of aryl methyl sites for hydroxylation is 1. The number of nitrogens with one attached hydrogen (secondary N) is 1. The summed E-state index contributed by atoms with van der Waals surface area (Å²) in [4.78, 5) is 11.2. The molecule has 0 saturated carbocycles. The number of primary amides is 1. The van der Waals surface area contributed by atoms with E-state index in [0.717, 1.165) is 25.0 Å². The van der Waals surface area contributed by atoms with E-state index in [0.29, 0.717) is 6.54 Å². The third-order valence-electron chi connectivity index (χ3n) is 3.43. The highest BCUT2D eigenvalue weighted by Gasteiger charge is 2.01. The molecule has 3 N–H and O–H groups in total. The molecule has 0 heterocycles. The van der Waals surface area contributed by atoms with E-state index in [4.69, 9.17) is 5.73 Å². The first-order valence-electron chi connectivity index (χ1n) is 7.56. The van der Waals surface area contributed by atoms with Gasteiger partial charge in [0, 0.05) is 18.3 Å². The van der Waals surface area contributed by atoms with Crippen LogP contribution in [0.1, 0.15) is 24.0 Å². The minimum absolute atomic E-state index is 0. The molecule has 122 valence electrons. The summed E-state index contributed by atoms with van der Waals surface area (Å²) >= 11 is 0. The summed E-state index contributed by atoms with van der Waals surface area (Å²) in [5.74, 6) is -0.407. The predicted octanol–water partition coefficient (Wildman–Crippen LogP) is 3.59. The van der Waals surface area contributed by atoms with Crippen LogP contribution in [0.2, 0.25) is 0 Å². The van der Waals surface area contributed by atoms with E-state index in [9.17, 15) is 4.79 Å². The molecule has 0 aliphatic heterocycles. The number of carbonyl (C=O) groups excluding carboxylic acids is 1. The van der Waals surface area contributed by atoms with Crippen molar-refractivity contribution in [1.82, 2.24) is 5.32 Å². The maximum Gasteiger partial charge on any atom is 0.243 e. The van der Waals surface area contributed by atoms with Gasteiger partial charge in [0.25, 0.3) is 0 Å². The lowest BCUT2D eigenvalue weighted by Gasteiger charge is -2.11. The van der Waals surface area contributed by atoms with Crippen LogP contribution < -0.4 is 11.1 Å². The fourth-order valence-corrected chi connectivity index (χ4v) is 2.32. The molecule has 0 saturated heterocycles. The van der Waals surface area contributed by atoms with Crippen molar-refractivity contribution in [3.05, 3.63) is 83.6 Å². The van der Waals surface area contributed by atoms with Gasteiger partial charge in [-0.2, -0.15) is 0 Å². The van der Waals surface area contributed by atoms with Crippen LogP contribution in [-0.2, 0) is 17.8 Å². The van der Waals surface area contributed by atoms with Gasteiger partial charge in [-0.25, -0.2) is 0 Å². The highest BCUT2D eigenvalue weighted by atomic mass is 35.5. The van der Waals surface area contributed by atoms with Crippen LogP contribution in [0.15, 0.2) is 72.4 Å². The van der Waals surface area contributed by atoms with Gasteiger partial charge in [0.1, 0.15) is 0 Å². The molecule has 23 heavy (non-hydrogen) atoms. The minimum atomic E-state index is -0.407. The van der Waals surface area contributed by atoms with Gasteiger partial charge >= 0.3 is 0 Å². The fraction of sp³-hybridized carbons (Fsp3) is 0.211. The van der Waals surface area contributed by atoms with Gasteiger partial charge < -0.3 is 11.1 Å². The van der Waals surface area contributed by atoms with E-state index in [2.05, 4.69) is 29.6 Å². The second-order valence-electron chi connectivity index (χ2n) is 5.25. The minimum Gasteiger partial charge on any atom is -0.384 e. The van der Waals surface area contributed by atoms with Gasteiger partial charge in [0.15, 0.2) is 0 Å². The third-order valence-corrected chi connectivity index (χ3v) is 3.43. The molecule has 0 radical (unpaired) electrons. The second kappa shape index (κ2) is 10.5. The Kier molecular flexibility index (Phi) is 8.55. The molecule has 2 rings (SSSR count). The molecule has 0 bridgehead atoms. The SMILES string of the molecule is Cl.NC(=O)/C=C(\CCCc1ccccc1)NCc1ccccc1. The topological polar surface area (TPSA) is 55.1 Å². The average molecular weight is 331 g/mol. The average Bonchev–Trinajstić information content (AvgIpc) is 2.54. The van der Waals surface area contributed by atoms with Crippen LogP contribution in [0.25, 0.3) is 0 Å². The molecule has 0 aliphatic carbocycles. The zero-order valence-electron chi connectivity index (χ0n) is 13.1. The van der Waals surface area contributed by atoms with Crippen molar-refractivity contribution in [2.24, 2.45) is 5.73 Å². The van der Waals surface area contributed by atoms with Crippen LogP contribution in [-0.4, -0.2) is 5.91 Å². The predicted molar refractivity (Wildman–Crippen MR) is 97.2 cm³/mol. The molecule has 0 fully saturated rings. The number of carbonyl (C=O) groups is 1. The van der Waals surface area contributed by atoms with Crippen LogP contribution >= 0.6 is 12.4 Å². The lowest BCUT2D eigenvalue weighted by molar-refractivity contribution is -0.113. The lowest BCUT2D eigenvalue weighted by Crippen LogP contribution is -2.17. The molecule has 4 heteroatoms. The largest absolute Gasteiger partial charge is 0.384 e. The monoisotopic (exact) mass is 330 g/mol. The Balaban J connectivity index is 0.00000264. The Bertz CT molecular complexity index is 612. The van der Waals surface area contributed by atoms with Crippen LogP contribution in [0.3, 0.4) is 0 Å². The van der Waals surface area contributed by atoms with E-state index in [1.807, 2.05) is 36.4 Å². The standard InChI is InChI=1S/C19H22N2O.ClH/c20-19(22)14-18(21-15-17-10-5-2-6-11-17)13-7-12-16-8-3-1-4-9-16;/h1-6,8-11,14,21H,7,12-13,15H2,(H2,20,22);1H/b18-14+;. The highest BCUT2D eigenvalue weighted by molar-refractivity contribution is 5.86. The number of benzene rings is 2. The first kappa shape index (κ1) is 18.8. The molecule has 0 aromatic heterocycles. The molecule has 0 aliphatic rings. The number of amides is 1. The molecule has 0 unspecified atom stereocenters. The number of nitrogens with two attached hydrogens (primary N) is 1. The number of allylic oxidation sites excluding steroid dienone is 1. The van der Waals surface area contributed by atoms with Crippen molar-refractivity contribution in [3.8, 4) is 0 Å². The number of hydrogen-bond donors (Lipinski definition) is 2. The third kappa shape index (κ3) is 7.52. The summed E-state index contributed by atoms with van der Waals surface area (Å²) in [6, 6.07) is 20.5. The summed E-state index contributed by atoms with van der Waals surface area (Å²) in [5, 5.41) is 3.31. The fourth-order valence-electron chi connectivity index (χ4n) is 2.32. The molecular weight excluding hydrogens is 308 g/mol. The molecule has 2 aromatic carbocycles. The van der Waals surface area contributed by atoms with Crippen molar-refractivity contribution in [3.63, 3.8) is 0 Å². The maximum absolute atomic E-state index is 11.2. The normalized spacial score (nSPS) is 10.7. The molecular formula is C19H23ClN2O. The van der Waals surface area contributed by atoms with Crippen molar-refractivity contribution in [1.29, 1.82) is 0 Å². The zero-order chi connectivity index (χ0) is 15.6. The summed E-state index contributed by atoms with van der Waals surface area (Å²) < 4.78 is 0. The number of hydrogen-bond acceptors (Lipinski definition) is 2. The van der Waals surface area contributed by atoms with Crippen molar-refractivity contribution >= 4 is 18.3 Å². The zero-order valence-corrected chi connectivity index (χ0v) is 13.9. The van der Waals surface area contributed by atoms with E-state index in [-0.39, 0.29) is 12.4 Å². The van der Waals surface area contributed by atoms with Gasteiger partial charge in [-0.15, -0.1) is 12.4 Å². The Morgan fingerprint density at radius 1 is 0.957 bits per heavy atom. The van der Waals surface area contributed by atoms with Crippen molar-refractivity contribution < 1.29 is 4.79 Å². The molecule has 0 spiro atoms. The van der Waals surface area contributed by atoms with E-state index in [1.165, 1.54) is 17.2 Å². The Morgan fingerprint density at radius 3 is 2.09 bits per heavy atom. The van der Waals surface area contributed by atoms with Gasteiger partial charge in [-0.1, -0.05) is 60.7 Å². The number of halogens is 1. The molecule has 3 nitrogen and oxygen atoms in total. The van der Waals surface area contributed by atoms with Gasteiger partial charge in [-0.05, 0) is 30.4 Å². The Labute approximate surface area is 144 Å². The van der Waals surface area contributed by atoms with Gasteiger partial charge in [-0.3, -0.25) is 4.79 Å². The van der Waals surface area contributed by atoms with Crippen LogP contribution in [0.4, 0.5) is 0 Å². The summed E-state index contributed by atoms with van der Waals surface area (Å²) in [5.41, 5.74) is 8.68. The summed E-state index contributed by atoms with van der Waals surface area (Å²) in [6.45, 7) is 0.700. The molecule has 1 amide bonds. The van der Waals surface area contributed by atoms with Gasteiger partial charge in [0.05, 0.1) is 0 Å². The van der Waals surface area contributed by atoms with Crippen molar-refractivity contribution in [2.45, 2.75) is 25.8 Å². The first-order chi connectivity index (χ1) is 10.7. The maximum atomic E-state index is 11.2. The van der Waals surface area contributed by atoms with Gasteiger partial charge in [0.2, 0.25) is 5.91 Å². The van der Waals surface area contributed by atoms with Crippen LogP contribution in [0.5, 0.6) is 0 Å². The Hall–Kier alpha value is -2.26. The summed E-state index contributed by atoms with van der Waals surface area (Å²) in [7, 11) is 0. The molecule has 2 aromatic rings. The van der Waals surface area contributed by atoms with Crippen molar-refractivity contribution in [2.75, 3.05) is 0 Å². The van der Waals surface area contributed by atoms with Crippen LogP contribution in [0, 0.1) is 0 Å². The molecule has 0 atom stereocenters. The number of rotatable bonds is 8. The summed E-state index contributed by atoms with van der Waals surface area (Å²) in [6.07, 6.45) is 4.27. The highest BCUT2D eigenvalue weighted by Crippen LogP contribution is 2.09. The first-order valence-corrected chi connectivity index (χ1v) is 7.56. The van der Waals surface area contributed by atoms with E-state index >= 15 is 0 Å².